The Morgan fingerprint density at radius 2 is 2.16 bits per heavy atom. The van der Waals surface area contributed by atoms with Gasteiger partial charge in [-0.25, -0.2) is 4.98 Å². The zero-order valence-electron chi connectivity index (χ0n) is 11.7. The van der Waals surface area contributed by atoms with Crippen LogP contribution in [0.1, 0.15) is 36.7 Å². The summed E-state index contributed by atoms with van der Waals surface area (Å²) in [6.45, 7) is 4.39. The molecule has 1 aromatic heterocycles. The minimum atomic E-state index is -0.126. The third-order valence-electron chi connectivity index (χ3n) is 2.64. The molecule has 1 heterocycles. The number of nitrogens with one attached hydrogen (secondary N) is 2. The minimum absolute atomic E-state index is 0.126. The standard InChI is InChI=1S/C14H23N3O2/c1-3-8-15-12-6-7-13(17-11-12)14(18)16-9-4-5-10-19-2/h6-7,11,15H,3-5,8-10H2,1-2H3,(H,16,18). The van der Waals surface area contributed by atoms with Crippen molar-refractivity contribution in [1.82, 2.24) is 10.3 Å². The summed E-state index contributed by atoms with van der Waals surface area (Å²) in [7, 11) is 1.68. The summed E-state index contributed by atoms with van der Waals surface area (Å²) in [5.41, 5.74) is 1.40. The summed E-state index contributed by atoms with van der Waals surface area (Å²) in [5.74, 6) is -0.126. The minimum Gasteiger partial charge on any atom is -0.385 e. The molecule has 106 valence electrons. The molecule has 1 amide bonds. The van der Waals surface area contributed by atoms with Gasteiger partial charge in [-0.2, -0.15) is 0 Å². The van der Waals surface area contributed by atoms with Crippen molar-refractivity contribution in [3.05, 3.63) is 24.0 Å². The summed E-state index contributed by atoms with van der Waals surface area (Å²) >= 11 is 0. The zero-order valence-corrected chi connectivity index (χ0v) is 11.7. The third-order valence-corrected chi connectivity index (χ3v) is 2.64. The second kappa shape index (κ2) is 9.33. The van der Waals surface area contributed by atoms with E-state index < -0.39 is 0 Å². The van der Waals surface area contributed by atoms with Crippen molar-refractivity contribution in [3.8, 4) is 0 Å². The lowest BCUT2D eigenvalue weighted by atomic mass is 10.3. The molecule has 0 bridgehead atoms. The lowest BCUT2D eigenvalue weighted by Gasteiger charge is -2.06. The molecule has 2 N–H and O–H groups in total. The monoisotopic (exact) mass is 265 g/mol. The van der Waals surface area contributed by atoms with Crippen LogP contribution in [0.2, 0.25) is 0 Å². The number of hydrogen-bond acceptors (Lipinski definition) is 4. The van der Waals surface area contributed by atoms with Gasteiger partial charge < -0.3 is 15.4 Å². The van der Waals surface area contributed by atoms with Crippen molar-refractivity contribution in [1.29, 1.82) is 0 Å². The van der Waals surface area contributed by atoms with Gasteiger partial charge >= 0.3 is 0 Å². The predicted molar refractivity (Wildman–Crippen MR) is 76.5 cm³/mol. The summed E-state index contributed by atoms with van der Waals surface area (Å²) in [4.78, 5) is 15.9. The van der Waals surface area contributed by atoms with Gasteiger partial charge in [0.25, 0.3) is 5.91 Å². The highest BCUT2D eigenvalue weighted by Crippen LogP contribution is 2.06. The van der Waals surface area contributed by atoms with Crippen LogP contribution in [0.5, 0.6) is 0 Å². The van der Waals surface area contributed by atoms with Crippen LogP contribution < -0.4 is 10.6 Å². The van der Waals surface area contributed by atoms with Crippen LogP contribution in [-0.2, 0) is 4.74 Å². The number of unbranched alkanes of at least 4 members (excludes halogenated alkanes) is 1. The van der Waals surface area contributed by atoms with Crippen molar-refractivity contribution in [3.63, 3.8) is 0 Å². The zero-order chi connectivity index (χ0) is 13.9. The molecule has 0 atom stereocenters. The van der Waals surface area contributed by atoms with E-state index in [-0.39, 0.29) is 5.91 Å². The van der Waals surface area contributed by atoms with Crippen LogP contribution in [0.4, 0.5) is 5.69 Å². The Morgan fingerprint density at radius 1 is 1.32 bits per heavy atom. The fraction of sp³-hybridized carbons (Fsp3) is 0.571. The predicted octanol–water partition coefficient (Wildman–Crippen LogP) is 2.06. The van der Waals surface area contributed by atoms with E-state index in [0.29, 0.717) is 12.2 Å². The van der Waals surface area contributed by atoms with Gasteiger partial charge in [0.05, 0.1) is 11.9 Å². The number of rotatable bonds is 9. The summed E-state index contributed by atoms with van der Waals surface area (Å²) in [6, 6.07) is 3.62. The third kappa shape index (κ3) is 6.20. The molecule has 0 fully saturated rings. The van der Waals surface area contributed by atoms with Crippen LogP contribution in [-0.4, -0.2) is 37.7 Å². The Morgan fingerprint density at radius 3 is 2.79 bits per heavy atom. The van der Waals surface area contributed by atoms with E-state index in [1.54, 1.807) is 19.4 Å². The maximum atomic E-state index is 11.8. The normalized spacial score (nSPS) is 10.2. The Balaban J connectivity index is 2.32. The molecule has 0 aromatic carbocycles. The quantitative estimate of drug-likeness (QED) is 0.671. The van der Waals surface area contributed by atoms with Crippen molar-refractivity contribution < 1.29 is 9.53 Å². The Labute approximate surface area is 114 Å². The Hall–Kier alpha value is -1.62. The highest BCUT2D eigenvalue weighted by atomic mass is 16.5. The smallest absolute Gasteiger partial charge is 0.269 e. The van der Waals surface area contributed by atoms with Crippen LogP contribution in [0.25, 0.3) is 0 Å². The number of methoxy groups -OCH3 is 1. The van der Waals surface area contributed by atoms with Gasteiger partial charge in [-0.1, -0.05) is 6.92 Å². The van der Waals surface area contributed by atoms with E-state index in [1.807, 2.05) is 6.07 Å². The summed E-state index contributed by atoms with van der Waals surface area (Å²) < 4.78 is 4.95. The summed E-state index contributed by atoms with van der Waals surface area (Å²) in [5, 5.41) is 6.06. The molecular weight excluding hydrogens is 242 g/mol. The Kier molecular flexibility index (Phi) is 7.58. The molecule has 0 spiro atoms. The number of pyridine rings is 1. The van der Waals surface area contributed by atoms with E-state index in [0.717, 1.165) is 38.1 Å². The van der Waals surface area contributed by atoms with Gasteiger partial charge in [-0.3, -0.25) is 4.79 Å². The largest absolute Gasteiger partial charge is 0.385 e. The molecule has 0 unspecified atom stereocenters. The molecule has 0 saturated carbocycles. The molecule has 0 radical (unpaired) electrons. The average molecular weight is 265 g/mol. The molecule has 5 nitrogen and oxygen atoms in total. The van der Waals surface area contributed by atoms with Gasteiger partial charge in [0.2, 0.25) is 0 Å². The van der Waals surface area contributed by atoms with Crippen molar-refractivity contribution in [2.75, 3.05) is 32.1 Å². The van der Waals surface area contributed by atoms with E-state index >= 15 is 0 Å². The van der Waals surface area contributed by atoms with Crippen molar-refractivity contribution in [2.24, 2.45) is 0 Å². The molecule has 0 aliphatic heterocycles. The first-order valence-corrected chi connectivity index (χ1v) is 6.75. The fourth-order valence-electron chi connectivity index (χ4n) is 1.57. The number of ether oxygens (including phenoxy) is 1. The molecule has 1 rings (SSSR count). The number of carbonyl (C=O) groups is 1. The van der Waals surface area contributed by atoms with Crippen LogP contribution >= 0.6 is 0 Å². The second-order valence-electron chi connectivity index (χ2n) is 4.31. The molecule has 19 heavy (non-hydrogen) atoms. The summed E-state index contributed by atoms with van der Waals surface area (Å²) in [6.07, 6.45) is 4.61. The first kappa shape index (κ1) is 15.4. The topological polar surface area (TPSA) is 63.2 Å². The molecule has 0 aliphatic rings. The van der Waals surface area contributed by atoms with Gasteiger partial charge in [-0.15, -0.1) is 0 Å². The first-order valence-electron chi connectivity index (χ1n) is 6.75. The van der Waals surface area contributed by atoms with Gasteiger partial charge in [-0.05, 0) is 31.4 Å². The average Bonchev–Trinajstić information content (AvgIpc) is 2.45. The molecular formula is C14H23N3O2. The second-order valence-corrected chi connectivity index (χ2v) is 4.31. The molecule has 0 aliphatic carbocycles. The SMILES string of the molecule is CCCNc1ccc(C(=O)NCCCCOC)nc1. The number of amides is 1. The highest BCUT2D eigenvalue weighted by Gasteiger charge is 2.05. The molecule has 0 saturated heterocycles. The first-order chi connectivity index (χ1) is 9.27. The Bertz CT molecular complexity index is 365. The maximum Gasteiger partial charge on any atom is 0.269 e. The van der Waals surface area contributed by atoms with E-state index in [1.165, 1.54) is 0 Å². The fourth-order valence-corrected chi connectivity index (χ4v) is 1.57. The van der Waals surface area contributed by atoms with Crippen molar-refractivity contribution in [2.45, 2.75) is 26.2 Å². The van der Waals surface area contributed by atoms with Crippen LogP contribution in [0.15, 0.2) is 18.3 Å². The lowest BCUT2D eigenvalue weighted by Crippen LogP contribution is -2.25. The molecule has 5 heteroatoms. The van der Waals surface area contributed by atoms with Crippen molar-refractivity contribution >= 4 is 11.6 Å². The lowest BCUT2D eigenvalue weighted by molar-refractivity contribution is 0.0946. The number of anilines is 1. The van der Waals surface area contributed by atoms with Gasteiger partial charge in [0, 0.05) is 26.8 Å². The number of aromatic nitrogens is 1. The number of nitrogens with zero attached hydrogens (tertiary/aromatic N) is 1. The van der Waals surface area contributed by atoms with E-state index in [2.05, 4.69) is 22.5 Å². The van der Waals surface area contributed by atoms with Crippen LogP contribution in [0.3, 0.4) is 0 Å². The van der Waals surface area contributed by atoms with Crippen LogP contribution in [0, 0.1) is 0 Å². The number of carbonyl (C=O) groups excluding carboxylic acids is 1. The maximum absolute atomic E-state index is 11.8. The highest BCUT2D eigenvalue weighted by molar-refractivity contribution is 5.92. The van der Waals surface area contributed by atoms with Gasteiger partial charge in [0.15, 0.2) is 0 Å². The van der Waals surface area contributed by atoms with Gasteiger partial charge in [0.1, 0.15) is 5.69 Å². The molecule has 1 aromatic rings. The number of hydrogen-bond donors (Lipinski definition) is 2. The van der Waals surface area contributed by atoms with E-state index in [4.69, 9.17) is 4.74 Å². The van der Waals surface area contributed by atoms with E-state index in [9.17, 15) is 4.79 Å².